The molecule has 3 nitrogen and oxygen atoms in total. The summed E-state index contributed by atoms with van der Waals surface area (Å²) < 4.78 is 4.15. The number of Topliss-reactive ketones (excluding diaryl/α,β-unsaturated/α-hetero) is 1. The normalized spacial score (nSPS) is 8.14. The third kappa shape index (κ3) is 5.94. The lowest BCUT2D eigenvalue weighted by molar-refractivity contribution is -0.128. The van der Waals surface area contributed by atoms with Crippen molar-refractivity contribution in [3.8, 4) is 0 Å². The Kier molecular flexibility index (Phi) is 7.05. The SMILES string of the molecule is CC(=O)c1ccccc1.CCOC=O. The van der Waals surface area contributed by atoms with Gasteiger partial charge < -0.3 is 4.74 Å². The molecule has 76 valence electrons. The number of ether oxygens (including phenoxy) is 1. The Balaban J connectivity index is 0.000000292. The largest absolute Gasteiger partial charge is 0.468 e. The molecule has 0 atom stereocenters. The van der Waals surface area contributed by atoms with Gasteiger partial charge in [0.05, 0.1) is 6.61 Å². The molecule has 0 bridgehead atoms. The number of carbonyl (C=O) groups excluding carboxylic acids is 2. The molecule has 0 radical (unpaired) electrons. The Hall–Kier alpha value is -1.64. The van der Waals surface area contributed by atoms with Gasteiger partial charge in [0.15, 0.2) is 5.78 Å². The lowest BCUT2D eigenvalue weighted by atomic mass is 10.2. The van der Waals surface area contributed by atoms with Crippen molar-refractivity contribution in [1.82, 2.24) is 0 Å². The second kappa shape index (κ2) is 7.98. The van der Waals surface area contributed by atoms with Crippen LogP contribution in [0.25, 0.3) is 0 Å². The molecule has 0 spiro atoms. The van der Waals surface area contributed by atoms with Crippen molar-refractivity contribution in [3.05, 3.63) is 35.9 Å². The fourth-order valence-corrected chi connectivity index (χ4v) is 0.741. The number of ketones is 1. The van der Waals surface area contributed by atoms with Crippen LogP contribution >= 0.6 is 0 Å². The van der Waals surface area contributed by atoms with Gasteiger partial charge in [0, 0.05) is 5.56 Å². The molecular weight excluding hydrogens is 180 g/mol. The Morgan fingerprint density at radius 3 is 2.14 bits per heavy atom. The van der Waals surface area contributed by atoms with Gasteiger partial charge in [-0.15, -0.1) is 0 Å². The Morgan fingerprint density at radius 1 is 1.36 bits per heavy atom. The molecule has 1 aromatic carbocycles. The van der Waals surface area contributed by atoms with Crippen molar-refractivity contribution >= 4 is 12.3 Å². The maximum absolute atomic E-state index is 10.6. The molecule has 0 aliphatic heterocycles. The van der Waals surface area contributed by atoms with E-state index in [1.54, 1.807) is 13.8 Å². The van der Waals surface area contributed by atoms with Crippen LogP contribution in [0.1, 0.15) is 24.2 Å². The summed E-state index contributed by atoms with van der Waals surface area (Å²) in [6.07, 6.45) is 0. The summed E-state index contributed by atoms with van der Waals surface area (Å²) in [4.78, 5) is 19.8. The van der Waals surface area contributed by atoms with Crippen LogP contribution in [-0.4, -0.2) is 18.9 Å². The van der Waals surface area contributed by atoms with Crippen molar-refractivity contribution < 1.29 is 14.3 Å². The second-order valence-corrected chi connectivity index (χ2v) is 2.47. The second-order valence-electron chi connectivity index (χ2n) is 2.47. The van der Waals surface area contributed by atoms with E-state index in [2.05, 4.69) is 4.74 Å². The zero-order valence-electron chi connectivity index (χ0n) is 8.40. The maximum atomic E-state index is 10.6. The van der Waals surface area contributed by atoms with Gasteiger partial charge in [-0.2, -0.15) is 0 Å². The molecule has 0 heterocycles. The highest BCUT2D eigenvalue weighted by atomic mass is 16.5. The number of rotatable bonds is 3. The van der Waals surface area contributed by atoms with E-state index in [0.717, 1.165) is 5.56 Å². The van der Waals surface area contributed by atoms with E-state index < -0.39 is 0 Å². The van der Waals surface area contributed by atoms with E-state index in [-0.39, 0.29) is 5.78 Å². The van der Waals surface area contributed by atoms with Crippen molar-refractivity contribution in [2.75, 3.05) is 6.61 Å². The molecule has 0 fully saturated rings. The first kappa shape index (κ1) is 12.4. The third-order valence-electron chi connectivity index (χ3n) is 1.42. The average molecular weight is 194 g/mol. The van der Waals surface area contributed by atoms with Crippen LogP contribution in [0.2, 0.25) is 0 Å². The zero-order chi connectivity index (χ0) is 10.8. The molecule has 0 saturated carbocycles. The first-order valence-corrected chi connectivity index (χ1v) is 4.33. The van der Waals surface area contributed by atoms with E-state index >= 15 is 0 Å². The van der Waals surface area contributed by atoms with Crippen molar-refractivity contribution in [3.63, 3.8) is 0 Å². The highest BCUT2D eigenvalue weighted by Gasteiger charge is 1.92. The summed E-state index contributed by atoms with van der Waals surface area (Å²) in [5, 5.41) is 0. The molecule has 0 unspecified atom stereocenters. The van der Waals surface area contributed by atoms with Crippen LogP contribution < -0.4 is 0 Å². The van der Waals surface area contributed by atoms with Gasteiger partial charge in [0.1, 0.15) is 0 Å². The molecule has 0 saturated heterocycles. The number of benzene rings is 1. The molecule has 0 aliphatic carbocycles. The van der Waals surface area contributed by atoms with E-state index in [1.807, 2.05) is 30.3 Å². The Morgan fingerprint density at radius 2 is 1.93 bits per heavy atom. The predicted octanol–water partition coefficient (Wildman–Crippen LogP) is 2.07. The summed E-state index contributed by atoms with van der Waals surface area (Å²) in [6.45, 7) is 4.23. The van der Waals surface area contributed by atoms with E-state index in [4.69, 9.17) is 0 Å². The van der Waals surface area contributed by atoms with E-state index in [0.29, 0.717) is 13.1 Å². The van der Waals surface area contributed by atoms with Crippen molar-refractivity contribution in [1.29, 1.82) is 0 Å². The van der Waals surface area contributed by atoms with Gasteiger partial charge in [-0.25, -0.2) is 0 Å². The minimum absolute atomic E-state index is 0.121. The van der Waals surface area contributed by atoms with Crippen LogP contribution in [0.4, 0.5) is 0 Å². The molecule has 3 heteroatoms. The van der Waals surface area contributed by atoms with Crippen LogP contribution in [-0.2, 0) is 9.53 Å². The highest BCUT2D eigenvalue weighted by molar-refractivity contribution is 5.93. The molecule has 0 aromatic heterocycles. The molecule has 0 amide bonds. The third-order valence-corrected chi connectivity index (χ3v) is 1.42. The van der Waals surface area contributed by atoms with Gasteiger partial charge in [-0.3, -0.25) is 9.59 Å². The van der Waals surface area contributed by atoms with Gasteiger partial charge in [-0.1, -0.05) is 30.3 Å². The monoisotopic (exact) mass is 194 g/mol. The van der Waals surface area contributed by atoms with E-state index in [1.165, 1.54) is 0 Å². The average Bonchev–Trinajstić information content (AvgIpc) is 2.21. The number of hydrogen-bond acceptors (Lipinski definition) is 3. The van der Waals surface area contributed by atoms with Gasteiger partial charge >= 0.3 is 0 Å². The van der Waals surface area contributed by atoms with Crippen LogP contribution in [0.3, 0.4) is 0 Å². The lowest BCUT2D eigenvalue weighted by Crippen LogP contribution is -1.88. The van der Waals surface area contributed by atoms with E-state index in [9.17, 15) is 9.59 Å². The smallest absolute Gasteiger partial charge is 0.293 e. The molecular formula is C11H14O3. The maximum Gasteiger partial charge on any atom is 0.293 e. The summed E-state index contributed by atoms with van der Waals surface area (Å²) in [5.74, 6) is 0.121. The summed E-state index contributed by atoms with van der Waals surface area (Å²) in [6, 6.07) is 9.23. The van der Waals surface area contributed by atoms with Gasteiger partial charge in [-0.05, 0) is 13.8 Å². The summed E-state index contributed by atoms with van der Waals surface area (Å²) in [5.41, 5.74) is 0.775. The van der Waals surface area contributed by atoms with Crippen molar-refractivity contribution in [2.45, 2.75) is 13.8 Å². The summed E-state index contributed by atoms with van der Waals surface area (Å²) >= 11 is 0. The first-order chi connectivity index (χ1) is 6.72. The fourth-order valence-electron chi connectivity index (χ4n) is 0.741. The number of hydrogen-bond donors (Lipinski definition) is 0. The number of carbonyl (C=O) groups is 2. The molecule has 1 aromatic rings. The minimum atomic E-state index is 0.121. The minimum Gasteiger partial charge on any atom is -0.468 e. The molecule has 1 rings (SSSR count). The summed E-state index contributed by atoms with van der Waals surface area (Å²) in [7, 11) is 0. The van der Waals surface area contributed by atoms with Crippen LogP contribution in [0.15, 0.2) is 30.3 Å². The molecule has 14 heavy (non-hydrogen) atoms. The first-order valence-electron chi connectivity index (χ1n) is 4.33. The van der Waals surface area contributed by atoms with Crippen LogP contribution in [0.5, 0.6) is 0 Å². The van der Waals surface area contributed by atoms with Gasteiger partial charge in [0.25, 0.3) is 6.47 Å². The van der Waals surface area contributed by atoms with Crippen molar-refractivity contribution in [2.24, 2.45) is 0 Å². The standard InChI is InChI=1S/C8H8O.C3H6O2/c1-7(9)8-5-3-2-4-6-8;1-2-5-3-4/h2-6H,1H3;3H,2H2,1H3. The van der Waals surface area contributed by atoms with Crippen LogP contribution in [0, 0.1) is 0 Å². The highest BCUT2D eigenvalue weighted by Crippen LogP contribution is 1.97. The lowest BCUT2D eigenvalue weighted by Gasteiger charge is -1.89. The fraction of sp³-hybridized carbons (Fsp3) is 0.273. The van der Waals surface area contributed by atoms with Gasteiger partial charge in [0.2, 0.25) is 0 Å². The molecule has 0 aliphatic rings. The topological polar surface area (TPSA) is 43.4 Å². The zero-order valence-corrected chi connectivity index (χ0v) is 8.40. The molecule has 0 N–H and O–H groups in total. The Bertz CT molecular complexity index is 267. The quantitative estimate of drug-likeness (QED) is 0.546. The predicted molar refractivity (Wildman–Crippen MR) is 54.1 cm³/mol. The Labute approximate surface area is 83.7 Å².